The summed E-state index contributed by atoms with van der Waals surface area (Å²) >= 11 is 0. The lowest BCUT2D eigenvalue weighted by Crippen LogP contribution is -2.23. The third kappa shape index (κ3) is 4.36. The predicted octanol–water partition coefficient (Wildman–Crippen LogP) is 3.16. The molecule has 1 atom stereocenters. The lowest BCUT2D eigenvalue weighted by molar-refractivity contribution is 0.0706. The Labute approximate surface area is 145 Å². The van der Waals surface area contributed by atoms with Crippen molar-refractivity contribution in [3.8, 4) is 0 Å². The lowest BCUT2D eigenvalue weighted by atomic mass is 9.84. The van der Waals surface area contributed by atoms with Crippen molar-refractivity contribution in [3.63, 3.8) is 0 Å². The molecule has 6 heteroatoms. The number of carbonyl (C=O) groups excluding carboxylic acids is 2. The van der Waals surface area contributed by atoms with Crippen LogP contribution in [0.2, 0.25) is 0 Å². The molecule has 25 heavy (non-hydrogen) atoms. The zero-order valence-corrected chi connectivity index (χ0v) is 13.7. The van der Waals surface area contributed by atoms with Crippen molar-refractivity contribution in [3.05, 3.63) is 65.2 Å². The van der Waals surface area contributed by atoms with E-state index < -0.39 is 12.0 Å². The molecule has 130 valence electrons. The molecule has 0 bridgehead atoms. The van der Waals surface area contributed by atoms with Crippen LogP contribution in [0, 0.1) is 5.92 Å². The molecule has 3 N–H and O–H groups in total. The summed E-state index contributed by atoms with van der Waals surface area (Å²) < 4.78 is 5.33. The van der Waals surface area contributed by atoms with E-state index in [1.165, 1.54) is 23.3 Å². The Balaban J connectivity index is 1.48. The topological polar surface area (TPSA) is 87.7 Å². The van der Waals surface area contributed by atoms with Gasteiger partial charge in [-0.15, -0.1) is 0 Å². The van der Waals surface area contributed by atoms with Crippen LogP contribution >= 0.6 is 0 Å². The summed E-state index contributed by atoms with van der Waals surface area (Å²) in [5.41, 5.74) is 5.09. The van der Waals surface area contributed by atoms with E-state index in [9.17, 15) is 9.59 Å². The number of nitrogens with one attached hydrogen (secondary N) is 2. The fourth-order valence-electron chi connectivity index (χ4n) is 3.03. The molecule has 3 rings (SSSR count). The minimum Gasteiger partial charge on any atom is -0.449 e. The average Bonchev–Trinajstić information content (AvgIpc) is 2.66. The second kappa shape index (κ2) is 7.81. The van der Waals surface area contributed by atoms with Crippen molar-refractivity contribution < 1.29 is 19.5 Å². The van der Waals surface area contributed by atoms with Crippen LogP contribution in [0.4, 0.5) is 10.5 Å². The van der Waals surface area contributed by atoms with E-state index in [1.54, 1.807) is 17.6 Å². The van der Waals surface area contributed by atoms with E-state index in [1.807, 2.05) is 6.07 Å². The molecule has 0 saturated heterocycles. The zero-order chi connectivity index (χ0) is 17.6. The maximum Gasteiger partial charge on any atom is 0.411 e. The Bertz CT molecular complexity index is 758. The van der Waals surface area contributed by atoms with Crippen LogP contribution in [0.3, 0.4) is 0 Å². The molecule has 0 spiro atoms. The molecule has 0 aliphatic heterocycles. The van der Waals surface area contributed by atoms with Crippen molar-refractivity contribution in [1.29, 1.82) is 0 Å². The first-order valence-corrected chi connectivity index (χ1v) is 8.21. The summed E-state index contributed by atoms with van der Waals surface area (Å²) in [6.07, 6.45) is 2.43. The van der Waals surface area contributed by atoms with Gasteiger partial charge < -0.3 is 4.74 Å². The van der Waals surface area contributed by atoms with E-state index in [0.29, 0.717) is 23.8 Å². The standard InChI is InChI=1S/C19H20N2O4/c22-18(21-24)15-7-9-17(10-8-15)20-19(23)25-12-13-5-6-14-3-1-2-4-16(14)11-13/h1-4,7-10,13,24H,5-6,11-12H2,(H,20,23)(H,21,22). The number of rotatable bonds is 4. The number of fused-ring (bicyclic) bond motifs is 1. The Kier molecular flexibility index (Phi) is 5.30. The fraction of sp³-hybridized carbons (Fsp3) is 0.263. The van der Waals surface area contributed by atoms with Crippen LogP contribution in [-0.4, -0.2) is 23.8 Å². The quantitative estimate of drug-likeness (QED) is 0.589. The molecule has 2 aromatic rings. The van der Waals surface area contributed by atoms with E-state index in [0.717, 1.165) is 19.3 Å². The van der Waals surface area contributed by atoms with Gasteiger partial charge in [-0.1, -0.05) is 24.3 Å². The van der Waals surface area contributed by atoms with Gasteiger partial charge in [0, 0.05) is 11.3 Å². The summed E-state index contributed by atoms with van der Waals surface area (Å²) in [4.78, 5) is 23.2. The first-order chi connectivity index (χ1) is 12.2. The van der Waals surface area contributed by atoms with Crippen LogP contribution < -0.4 is 10.8 Å². The molecule has 0 fully saturated rings. The number of aryl methyl sites for hydroxylation is 1. The second-order valence-electron chi connectivity index (χ2n) is 6.12. The molecule has 2 aromatic carbocycles. The number of anilines is 1. The summed E-state index contributed by atoms with van der Waals surface area (Å²) in [5.74, 6) is -0.275. The Morgan fingerprint density at radius 2 is 1.80 bits per heavy atom. The summed E-state index contributed by atoms with van der Waals surface area (Å²) in [6.45, 7) is 0.380. The van der Waals surface area contributed by atoms with E-state index >= 15 is 0 Å². The molecule has 0 saturated carbocycles. The van der Waals surface area contributed by atoms with Gasteiger partial charge in [0.05, 0.1) is 6.61 Å². The van der Waals surface area contributed by atoms with Gasteiger partial charge in [-0.25, -0.2) is 10.3 Å². The smallest absolute Gasteiger partial charge is 0.411 e. The van der Waals surface area contributed by atoms with Crippen molar-refractivity contribution in [2.24, 2.45) is 5.92 Å². The minimum absolute atomic E-state index is 0.294. The monoisotopic (exact) mass is 340 g/mol. The fourth-order valence-corrected chi connectivity index (χ4v) is 3.03. The van der Waals surface area contributed by atoms with Gasteiger partial charge in [-0.2, -0.15) is 0 Å². The van der Waals surface area contributed by atoms with Gasteiger partial charge in [0.1, 0.15) is 0 Å². The van der Waals surface area contributed by atoms with Gasteiger partial charge in [0.15, 0.2) is 0 Å². The first-order valence-electron chi connectivity index (χ1n) is 8.21. The highest BCUT2D eigenvalue weighted by Crippen LogP contribution is 2.25. The molecule has 0 aromatic heterocycles. The third-order valence-corrected chi connectivity index (χ3v) is 4.39. The van der Waals surface area contributed by atoms with Crippen LogP contribution in [0.25, 0.3) is 0 Å². The van der Waals surface area contributed by atoms with Crippen LogP contribution in [0.5, 0.6) is 0 Å². The molecule has 0 radical (unpaired) electrons. The normalized spacial score (nSPS) is 15.8. The predicted molar refractivity (Wildman–Crippen MR) is 92.6 cm³/mol. The van der Waals surface area contributed by atoms with Crippen molar-refractivity contribution in [1.82, 2.24) is 5.48 Å². The molecular formula is C19H20N2O4. The molecule has 1 aliphatic carbocycles. The molecule has 1 unspecified atom stereocenters. The highest BCUT2D eigenvalue weighted by atomic mass is 16.5. The second-order valence-corrected chi connectivity index (χ2v) is 6.12. The zero-order valence-electron chi connectivity index (χ0n) is 13.7. The van der Waals surface area contributed by atoms with Gasteiger partial charge >= 0.3 is 6.09 Å². The number of benzene rings is 2. The van der Waals surface area contributed by atoms with E-state index in [2.05, 4.69) is 23.5 Å². The SMILES string of the molecule is O=C(Nc1ccc(C(=O)NO)cc1)OCC1CCc2ccccc2C1. The van der Waals surface area contributed by atoms with E-state index in [-0.39, 0.29) is 0 Å². The highest BCUT2D eigenvalue weighted by Gasteiger charge is 2.19. The van der Waals surface area contributed by atoms with Crippen molar-refractivity contribution in [2.45, 2.75) is 19.3 Å². The van der Waals surface area contributed by atoms with Crippen LogP contribution in [-0.2, 0) is 17.6 Å². The Morgan fingerprint density at radius 1 is 1.08 bits per heavy atom. The maximum absolute atomic E-state index is 11.9. The lowest BCUT2D eigenvalue weighted by Gasteiger charge is -2.24. The number of hydrogen-bond donors (Lipinski definition) is 3. The van der Waals surface area contributed by atoms with Gasteiger partial charge in [-0.3, -0.25) is 15.3 Å². The number of ether oxygens (including phenoxy) is 1. The van der Waals surface area contributed by atoms with E-state index in [4.69, 9.17) is 9.94 Å². The Hall–Kier alpha value is -2.86. The molecule has 2 amide bonds. The number of hydroxylamine groups is 1. The largest absolute Gasteiger partial charge is 0.449 e. The van der Waals surface area contributed by atoms with Crippen molar-refractivity contribution >= 4 is 17.7 Å². The van der Waals surface area contributed by atoms with Gasteiger partial charge in [-0.05, 0) is 60.6 Å². The maximum atomic E-state index is 11.9. The molecule has 6 nitrogen and oxygen atoms in total. The number of carbonyl (C=O) groups is 2. The summed E-state index contributed by atoms with van der Waals surface area (Å²) in [7, 11) is 0. The van der Waals surface area contributed by atoms with Crippen molar-refractivity contribution in [2.75, 3.05) is 11.9 Å². The molecule has 0 heterocycles. The third-order valence-electron chi connectivity index (χ3n) is 4.39. The minimum atomic E-state index is -0.605. The molecular weight excluding hydrogens is 320 g/mol. The van der Waals surface area contributed by atoms with Crippen LogP contribution in [0.15, 0.2) is 48.5 Å². The first kappa shape index (κ1) is 17.0. The number of hydrogen-bond acceptors (Lipinski definition) is 4. The van der Waals surface area contributed by atoms with Crippen LogP contribution in [0.1, 0.15) is 27.9 Å². The molecule has 1 aliphatic rings. The average molecular weight is 340 g/mol. The summed E-state index contributed by atoms with van der Waals surface area (Å²) in [5, 5.41) is 11.2. The van der Waals surface area contributed by atoms with Gasteiger partial charge in [0.25, 0.3) is 5.91 Å². The Morgan fingerprint density at radius 3 is 2.52 bits per heavy atom. The van der Waals surface area contributed by atoms with Gasteiger partial charge in [0.2, 0.25) is 0 Å². The number of amides is 2. The highest BCUT2D eigenvalue weighted by molar-refractivity contribution is 5.94. The summed E-state index contributed by atoms with van der Waals surface area (Å²) in [6, 6.07) is 14.5.